The van der Waals surface area contributed by atoms with E-state index in [0.29, 0.717) is 41.1 Å². The van der Waals surface area contributed by atoms with Gasteiger partial charge in [0.2, 0.25) is 13.6 Å². The van der Waals surface area contributed by atoms with E-state index in [1.54, 1.807) is 0 Å². The van der Waals surface area contributed by atoms with Gasteiger partial charge in [0, 0.05) is 70.9 Å². The lowest BCUT2D eigenvalue weighted by Crippen LogP contribution is -2.22. The lowest BCUT2D eigenvalue weighted by Gasteiger charge is -2.18. The molecular formula is C55H67FN2O9S. The van der Waals surface area contributed by atoms with E-state index in [-0.39, 0.29) is 61.8 Å². The summed E-state index contributed by atoms with van der Waals surface area (Å²) in [5.74, 6) is 3.33. The fraction of sp³-hybridized carbons (Fsp3) is 0.455. The lowest BCUT2D eigenvalue weighted by atomic mass is 9.87. The van der Waals surface area contributed by atoms with E-state index in [0.717, 1.165) is 89.9 Å². The van der Waals surface area contributed by atoms with Gasteiger partial charge in [0.1, 0.15) is 11.6 Å². The quantitative estimate of drug-likeness (QED) is 0.145. The minimum atomic E-state index is -3.45. The number of sulfone groups is 1. The number of hydrogen-bond donors (Lipinski definition) is 2. The molecule has 11 nitrogen and oxygen atoms in total. The van der Waals surface area contributed by atoms with Gasteiger partial charge in [-0.05, 0) is 121 Å². The second kappa shape index (κ2) is 19.4. The number of ketones is 2. The van der Waals surface area contributed by atoms with E-state index >= 15 is 0 Å². The van der Waals surface area contributed by atoms with Crippen LogP contribution in [0.15, 0.2) is 83.8 Å². The van der Waals surface area contributed by atoms with Crippen molar-refractivity contribution in [3.63, 3.8) is 0 Å². The zero-order valence-corrected chi connectivity index (χ0v) is 40.6. The summed E-state index contributed by atoms with van der Waals surface area (Å²) in [5, 5.41) is 1.82. The van der Waals surface area contributed by atoms with Crippen molar-refractivity contribution >= 4 is 43.2 Å². The number of H-pyrrole nitrogens is 2. The minimum absolute atomic E-state index is 0. The molecule has 1 unspecified atom stereocenters. The van der Waals surface area contributed by atoms with E-state index in [4.69, 9.17) is 25.1 Å². The van der Waals surface area contributed by atoms with Crippen LogP contribution in [-0.2, 0) is 58.7 Å². The van der Waals surface area contributed by atoms with Gasteiger partial charge in [-0.1, -0.05) is 73.2 Å². The normalized spacial score (nSPS) is 18.2. The van der Waals surface area contributed by atoms with Crippen LogP contribution in [0.5, 0.6) is 23.0 Å². The Morgan fingerprint density at radius 1 is 0.662 bits per heavy atom. The third-order valence-corrected chi connectivity index (χ3v) is 14.4. The fourth-order valence-corrected chi connectivity index (χ4v) is 10.5. The maximum atomic E-state index is 13.4. The van der Waals surface area contributed by atoms with Gasteiger partial charge >= 0.3 is 0 Å². The van der Waals surface area contributed by atoms with Crippen molar-refractivity contribution in [1.29, 1.82) is 0 Å². The predicted octanol–water partition coefficient (Wildman–Crippen LogP) is 11.5. The van der Waals surface area contributed by atoms with Crippen LogP contribution in [0.4, 0.5) is 4.39 Å². The van der Waals surface area contributed by atoms with Crippen molar-refractivity contribution in [3.05, 3.63) is 113 Å². The van der Waals surface area contributed by atoms with Crippen molar-refractivity contribution in [1.82, 2.24) is 9.97 Å². The number of nitrogens with one attached hydrogen (secondary N) is 2. The number of fused-ring (bicyclic) bond motifs is 4. The standard InChI is InChI=1S/C25H27NO5S.C24H25NO3.C4H8O.CH3F.CH4/c1-24(2,3)23-22(32(4,28)29)17-11-15(5-7-18(17)26-23)12-21(27)25(9-10-25)16-6-8-19-20(13-16)31-14-30-19;1-23(2,3)21-12-16-10-15(4-6-18(16)25-21)11-22(26)24(8-9-24)17-5-7-19-20(13-17)28-14-27-19;1-2-4-5-3-1;1-2;/h5-8,11,13,26H,9-10,12,14H2,1-4H3;4-7,10,12-13,25H,8-9,11,14H2,1-3H3;1-4H2;1H3;1H4/i;;3D;;. The zero-order chi connectivity index (χ0) is 48.8. The second-order valence-corrected chi connectivity index (χ2v) is 22.2. The Morgan fingerprint density at radius 2 is 1.18 bits per heavy atom. The molecule has 2 aromatic heterocycles. The SMILES string of the molecule is C.CC(C)(C)c1[nH]c2ccc(CC(=O)C3(c4ccc5c(c4)OCO5)CC3)cc2c1S(C)(=O)=O.CC(C)(C)c1cc2cc(CC(=O)C3(c4ccc5c(c4)OCO5)CC3)ccc2[nH]1.CF.[2H]C1CCCO1. The summed E-state index contributed by atoms with van der Waals surface area (Å²) in [6.45, 7) is 13.6. The van der Waals surface area contributed by atoms with E-state index in [9.17, 15) is 22.4 Å². The summed E-state index contributed by atoms with van der Waals surface area (Å²) < 4.78 is 68.3. The molecule has 0 amide bonds. The summed E-state index contributed by atoms with van der Waals surface area (Å²) in [4.78, 5) is 33.7. The van der Waals surface area contributed by atoms with Gasteiger partial charge in [0.25, 0.3) is 0 Å². The van der Waals surface area contributed by atoms with Crippen LogP contribution in [0, 0.1) is 0 Å². The van der Waals surface area contributed by atoms with E-state index in [1.807, 2.05) is 75.4 Å². The molecule has 364 valence electrons. The summed E-state index contributed by atoms with van der Waals surface area (Å²) in [5.41, 5.74) is 6.57. The molecule has 11 rings (SSSR count). The Kier molecular flexibility index (Phi) is 13.9. The molecule has 0 bridgehead atoms. The number of halogens is 1. The average molecular weight is 952 g/mol. The second-order valence-electron chi connectivity index (χ2n) is 20.3. The molecule has 1 saturated heterocycles. The highest BCUT2D eigenvalue weighted by Crippen LogP contribution is 2.53. The number of aromatic nitrogens is 2. The van der Waals surface area contributed by atoms with Gasteiger partial charge < -0.3 is 33.7 Å². The van der Waals surface area contributed by atoms with Crippen LogP contribution in [0.3, 0.4) is 0 Å². The Balaban J connectivity index is 0.000000175. The highest BCUT2D eigenvalue weighted by atomic mass is 32.2. The lowest BCUT2D eigenvalue weighted by molar-refractivity contribution is -0.121. The molecule has 4 aromatic carbocycles. The Hall–Kier alpha value is -5.66. The van der Waals surface area contributed by atoms with E-state index < -0.39 is 15.3 Å². The number of carbonyl (C=O) groups is 2. The van der Waals surface area contributed by atoms with Crippen LogP contribution < -0.4 is 18.9 Å². The molecule has 2 saturated carbocycles. The first-order valence-electron chi connectivity index (χ1n) is 23.6. The van der Waals surface area contributed by atoms with Crippen molar-refractivity contribution in [2.45, 2.75) is 127 Å². The van der Waals surface area contributed by atoms with Gasteiger partial charge in [0.05, 0.1) is 24.3 Å². The van der Waals surface area contributed by atoms with E-state index in [2.05, 4.69) is 55.0 Å². The third-order valence-electron chi connectivity index (χ3n) is 13.3. The first kappa shape index (κ1) is 48.8. The molecule has 1 atom stereocenters. The van der Waals surface area contributed by atoms with Crippen molar-refractivity contribution in [3.8, 4) is 23.0 Å². The molecule has 5 heterocycles. The molecule has 2 N–H and O–H groups in total. The van der Waals surface area contributed by atoms with Crippen LogP contribution in [0.25, 0.3) is 21.8 Å². The topological polar surface area (TPSA) is 146 Å². The zero-order valence-electron chi connectivity index (χ0n) is 40.8. The Labute approximate surface area is 401 Å². The maximum absolute atomic E-state index is 13.4. The smallest absolute Gasteiger partial charge is 0.231 e. The molecule has 0 spiro atoms. The van der Waals surface area contributed by atoms with Crippen LogP contribution in [-0.4, -0.2) is 70.2 Å². The Bertz CT molecular complexity index is 2970. The monoisotopic (exact) mass is 951 g/mol. The minimum Gasteiger partial charge on any atom is -0.454 e. The summed E-state index contributed by atoms with van der Waals surface area (Å²) in [7, 11) is -2.95. The van der Waals surface area contributed by atoms with Crippen molar-refractivity contribution in [2.24, 2.45) is 0 Å². The number of hydrogen-bond acceptors (Lipinski definition) is 9. The molecule has 68 heavy (non-hydrogen) atoms. The summed E-state index contributed by atoms with van der Waals surface area (Å²) >= 11 is 0. The molecular weight excluding hydrogens is 884 g/mol. The number of alkyl halides is 1. The van der Waals surface area contributed by atoms with Gasteiger partial charge in [-0.3, -0.25) is 14.0 Å². The summed E-state index contributed by atoms with van der Waals surface area (Å²) in [6.07, 6.45) is 7.39. The van der Waals surface area contributed by atoms with Crippen LogP contribution in [0.2, 0.25) is 0 Å². The molecule has 3 fully saturated rings. The van der Waals surface area contributed by atoms with Gasteiger partial charge in [0.15, 0.2) is 32.8 Å². The van der Waals surface area contributed by atoms with E-state index in [1.165, 1.54) is 17.3 Å². The number of rotatable bonds is 9. The highest BCUT2D eigenvalue weighted by Gasteiger charge is 2.52. The van der Waals surface area contributed by atoms with Gasteiger partial charge in [-0.25, -0.2) is 8.42 Å². The Morgan fingerprint density at radius 3 is 1.62 bits per heavy atom. The number of ether oxygens (including phenoxy) is 5. The summed E-state index contributed by atoms with van der Waals surface area (Å²) in [6, 6.07) is 25.8. The number of carbonyl (C=O) groups excluding carboxylic acids is 2. The first-order valence-corrected chi connectivity index (χ1v) is 24.9. The number of aromatic amines is 2. The first-order chi connectivity index (χ1) is 32.2. The van der Waals surface area contributed by atoms with Gasteiger partial charge in [-0.15, -0.1) is 0 Å². The molecule has 13 heteroatoms. The predicted molar refractivity (Wildman–Crippen MR) is 265 cm³/mol. The van der Waals surface area contributed by atoms with Crippen molar-refractivity contribution in [2.75, 3.05) is 40.2 Å². The fourth-order valence-electron chi connectivity index (χ4n) is 9.15. The van der Waals surface area contributed by atoms with Gasteiger partial charge in [-0.2, -0.15) is 0 Å². The molecule has 5 aliphatic rings. The molecule has 2 aliphatic carbocycles. The highest BCUT2D eigenvalue weighted by molar-refractivity contribution is 7.91. The molecule has 3 aliphatic heterocycles. The third kappa shape index (κ3) is 10.3. The van der Waals surface area contributed by atoms with Crippen LogP contribution >= 0.6 is 0 Å². The average Bonchev–Trinajstić information content (AvgIpc) is 3.79. The van der Waals surface area contributed by atoms with Crippen LogP contribution in [0.1, 0.15) is 123 Å². The molecule has 6 aromatic rings. The number of Topliss-reactive ketones (excluding diaryl/α,β-unsaturated/α-hetero) is 2. The largest absolute Gasteiger partial charge is 0.454 e. The number of benzene rings is 4. The van der Waals surface area contributed by atoms with Crippen molar-refractivity contribution < 1.29 is 47.5 Å². The maximum Gasteiger partial charge on any atom is 0.231 e. The molecule has 0 radical (unpaired) electrons.